The molecule has 0 amide bonds. The van der Waals surface area contributed by atoms with Gasteiger partial charge in [0.05, 0.1) is 10.2 Å². The minimum atomic E-state index is 0.0614. The minimum Gasteiger partial charge on any atom is -0.229 e. The summed E-state index contributed by atoms with van der Waals surface area (Å²) in [6.07, 6.45) is 3.32. The lowest BCUT2D eigenvalue weighted by molar-refractivity contribution is 1.31. The summed E-state index contributed by atoms with van der Waals surface area (Å²) in [7, 11) is 0. The van der Waals surface area contributed by atoms with Gasteiger partial charge >= 0.3 is 0 Å². The van der Waals surface area contributed by atoms with Gasteiger partial charge in [-0.1, -0.05) is 53.2 Å². The summed E-state index contributed by atoms with van der Waals surface area (Å²) in [5.41, 5.74) is 3.09. The number of nitrogens with zero attached hydrogens (tertiary/aromatic N) is 3. The van der Waals surface area contributed by atoms with Crippen LogP contribution in [0.3, 0.4) is 0 Å². The maximum absolute atomic E-state index is 8.96. The van der Waals surface area contributed by atoms with Crippen molar-refractivity contribution in [2.24, 2.45) is 0 Å². The van der Waals surface area contributed by atoms with Gasteiger partial charge < -0.3 is 0 Å². The van der Waals surface area contributed by atoms with Gasteiger partial charge in [0.2, 0.25) is 0 Å². The molecule has 126 valence electrons. The van der Waals surface area contributed by atoms with Crippen molar-refractivity contribution >= 4 is 49.8 Å². The molecule has 3 nitrogen and oxygen atoms in total. The zero-order valence-corrected chi connectivity index (χ0v) is 16.1. The van der Waals surface area contributed by atoms with Gasteiger partial charge in [-0.05, 0) is 42.8 Å². The van der Waals surface area contributed by atoms with E-state index in [2.05, 4.69) is 4.98 Å². The third-order valence-corrected chi connectivity index (χ3v) is 5.93. The van der Waals surface area contributed by atoms with Gasteiger partial charge in [0, 0.05) is 9.93 Å². The summed E-state index contributed by atoms with van der Waals surface area (Å²) in [5, 5.41) is 18.6. The Labute approximate surface area is 164 Å². The number of rotatable bonds is 4. The first-order valence-corrected chi connectivity index (χ1v) is 9.63. The van der Waals surface area contributed by atoms with E-state index in [0.717, 1.165) is 30.6 Å². The molecule has 26 heavy (non-hydrogen) atoms. The molecular weight excluding hydrogens is 382 g/mol. The smallest absolute Gasteiger partial charge is 0.155 e. The normalized spacial score (nSPS) is 11.0. The number of hydrogen-bond acceptors (Lipinski definition) is 5. The van der Waals surface area contributed by atoms with Crippen LogP contribution in [0.5, 0.6) is 0 Å². The second kappa shape index (κ2) is 8.21. The number of halogens is 1. The molecule has 3 aromatic rings. The zero-order chi connectivity index (χ0) is 18.5. The van der Waals surface area contributed by atoms with Gasteiger partial charge in [-0.25, -0.2) is 4.98 Å². The lowest BCUT2D eigenvalue weighted by Crippen LogP contribution is -1.82. The van der Waals surface area contributed by atoms with Crippen LogP contribution in [0, 0.1) is 29.6 Å². The van der Waals surface area contributed by atoms with E-state index in [1.54, 1.807) is 17.4 Å². The first-order valence-electron chi connectivity index (χ1n) is 7.62. The van der Waals surface area contributed by atoms with Crippen molar-refractivity contribution in [1.82, 2.24) is 4.98 Å². The summed E-state index contributed by atoms with van der Waals surface area (Å²) in [5.74, 6) is 0. The Morgan fingerprint density at radius 1 is 1.12 bits per heavy atom. The predicted molar refractivity (Wildman–Crippen MR) is 109 cm³/mol. The molecule has 1 heterocycles. The van der Waals surface area contributed by atoms with E-state index in [9.17, 15) is 0 Å². The van der Waals surface area contributed by atoms with E-state index in [-0.39, 0.29) is 5.57 Å². The van der Waals surface area contributed by atoms with Gasteiger partial charge in [0.15, 0.2) is 4.34 Å². The fourth-order valence-electron chi connectivity index (χ4n) is 2.18. The fourth-order valence-corrected chi connectivity index (χ4v) is 4.45. The molecule has 6 heteroatoms. The Balaban J connectivity index is 2.00. The average Bonchev–Trinajstić information content (AvgIpc) is 3.03. The van der Waals surface area contributed by atoms with E-state index in [0.29, 0.717) is 5.02 Å². The van der Waals surface area contributed by atoms with Crippen LogP contribution in [-0.4, -0.2) is 4.98 Å². The lowest BCUT2D eigenvalue weighted by atomic mass is 10.1. The maximum atomic E-state index is 8.96. The van der Waals surface area contributed by atoms with Crippen molar-refractivity contribution < 1.29 is 0 Å². The molecule has 0 saturated carbocycles. The molecule has 0 unspecified atom stereocenters. The van der Waals surface area contributed by atoms with Crippen LogP contribution >= 0.6 is 34.7 Å². The van der Waals surface area contributed by atoms with E-state index in [1.165, 1.54) is 17.8 Å². The van der Waals surface area contributed by atoms with Crippen molar-refractivity contribution in [2.45, 2.75) is 11.3 Å². The third kappa shape index (κ3) is 4.33. The minimum absolute atomic E-state index is 0.0614. The highest BCUT2D eigenvalue weighted by Gasteiger charge is 2.10. The number of fused-ring (bicyclic) bond motifs is 1. The van der Waals surface area contributed by atoms with E-state index < -0.39 is 0 Å². The van der Waals surface area contributed by atoms with Gasteiger partial charge in [-0.2, -0.15) is 10.5 Å². The topological polar surface area (TPSA) is 60.5 Å². The number of nitriles is 2. The number of allylic oxidation sites excluding steroid dienone is 3. The van der Waals surface area contributed by atoms with Crippen LogP contribution in [0.2, 0.25) is 5.02 Å². The predicted octanol–water partition coefficient (Wildman–Crippen LogP) is 6.36. The monoisotopic (exact) mass is 393 g/mol. The molecule has 0 atom stereocenters. The molecular formula is C20H12ClN3S2. The van der Waals surface area contributed by atoms with Gasteiger partial charge in [-0.15, -0.1) is 11.3 Å². The van der Waals surface area contributed by atoms with E-state index in [4.69, 9.17) is 22.1 Å². The van der Waals surface area contributed by atoms with Gasteiger partial charge in [-0.3, -0.25) is 0 Å². The van der Waals surface area contributed by atoms with E-state index in [1.807, 2.05) is 61.5 Å². The number of thiazole rings is 1. The molecule has 0 spiro atoms. The Hall–Kier alpha value is -2.57. The van der Waals surface area contributed by atoms with E-state index >= 15 is 0 Å². The van der Waals surface area contributed by atoms with Crippen molar-refractivity contribution in [3.63, 3.8) is 0 Å². The Morgan fingerprint density at radius 3 is 2.54 bits per heavy atom. The highest BCUT2D eigenvalue weighted by Crippen LogP contribution is 2.39. The second-order valence-corrected chi connectivity index (χ2v) is 8.15. The molecule has 0 fully saturated rings. The highest BCUT2D eigenvalue weighted by molar-refractivity contribution is 8.09. The summed E-state index contributed by atoms with van der Waals surface area (Å²) in [6, 6.07) is 17.5. The van der Waals surface area contributed by atoms with Crippen molar-refractivity contribution in [2.75, 3.05) is 0 Å². The van der Waals surface area contributed by atoms with Crippen LogP contribution in [0.25, 0.3) is 15.1 Å². The quantitative estimate of drug-likeness (QED) is 0.293. The van der Waals surface area contributed by atoms with Crippen LogP contribution in [0.15, 0.2) is 64.5 Å². The van der Waals surface area contributed by atoms with Crippen molar-refractivity contribution in [3.8, 4) is 12.1 Å². The lowest BCUT2D eigenvalue weighted by Gasteiger charge is -2.05. The summed E-state index contributed by atoms with van der Waals surface area (Å²) in [4.78, 5) is 5.54. The molecule has 0 bridgehead atoms. The molecule has 0 aliphatic carbocycles. The van der Waals surface area contributed by atoms with Crippen molar-refractivity contribution in [3.05, 3.63) is 76.3 Å². The Morgan fingerprint density at radius 2 is 1.85 bits per heavy atom. The second-order valence-electron chi connectivity index (χ2n) is 5.39. The van der Waals surface area contributed by atoms with Crippen molar-refractivity contribution in [1.29, 1.82) is 10.5 Å². The van der Waals surface area contributed by atoms with Crippen LogP contribution in [0.4, 0.5) is 0 Å². The number of aryl methyl sites for hydroxylation is 1. The summed E-state index contributed by atoms with van der Waals surface area (Å²) < 4.78 is 1.93. The molecule has 0 N–H and O–H groups in total. The first-order chi connectivity index (χ1) is 12.6. The standard InChI is InChI=1S/C20H12ClN3S2/c1-13-2-5-15(6-3-13)18(8-4-14(11-22)12-23)25-20-24-17-10-16(21)7-9-19(17)26-20/h2-10H,1H3/b18-8-. The molecule has 3 rings (SSSR count). The molecule has 1 aromatic heterocycles. The average molecular weight is 394 g/mol. The van der Waals surface area contributed by atoms with Gasteiger partial charge in [0.25, 0.3) is 0 Å². The number of benzene rings is 2. The number of hydrogen-bond donors (Lipinski definition) is 0. The fraction of sp³-hybridized carbons (Fsp3) is 0.0500. The molecule has 0 aliphatic rings. The zero-order valence-electron chi connectivity index (χ0n) is 13.7. The van der Waals surface area contributed by atoms with Crippen LogP contribution in [-0.2, 0) is 0 Å². The molecule has 2 aromatic carbocycles. The largest absolute Gasteiger partial charge is 0.229 e. The Bertz CT molecular complexity index is 1080. The SMILES string of the molecule is Cc1ccc(/C(=C/C=C(C#N)C#N)Sc2nc3cc(Cl)ccc3s2)cc1. The third-order valence-electron chi connectivity index (χ3n) is 3.51. The highest BCUT2D eigenvalue weighted by atomic mass is 35.5. The molecule has 0 radical (unpaired) electrons. The number of thioether (sulfide) groups is 1. The van der Waals surface area contributed by atoms with Crippen LogP contribution in [0.1, 0.15) is 11.1 Å². The van der Waals surface area contributed by atoms with Crippen LogP contribution < -0.4 is 0 Å². The summed E-state index contributed by atoms with van der Waals surface area (Å²) >= 11 is 9.12. The molecule has 0 saturated heterocycles. The first kappa shape index (κ1) is 18.2. The summed E-state index contributed by atoms with van der Waals surface area (Å²) in [6.45, 7) is 2.03. The van der Waals surface area contributed by atoms with Gasteiger partial charge in [0.1, 0.15) is 17.7 Å². The number of aromatic nitrogens is 1. The maximum Gasteiger partial charge on any atom is 0.155 e. The Kier molecular flexibility index (Phi) is 5.75. The molecule has 0 aliphatic heterocycles.